The van der Waals surface area contributed by atoms with Crippen LogP contribution in [0.3, 0.4) is 0 Å². The molecule has 1 rings (SSSR count). The molecule has 0 aromatic heterocycles. The van der Waals surface area contributed by atoms with Gasteiger partial charge in [-0.25, -0.2) is 0 Å². The second kappa shape index (κ2) is 6.35. The van der Waals surface area contributed by atoms with Crippen molar-refractivity contribution < 1.29 is 5.21 Å². The van der Waals surface area contributed by atoms with Gasteiger partial charge in [-0.15, -0.1) is 0 Å². The summed E-state index contributed by atoms with van der Waals surface area (Å²) in [5.41, 5.74) is 7.48. The standard InChI is InChI=1S/C12H18ClN3O/c1-3-9(7-12(14)16-17)15-10-5-4-8(2)11(13)6-10/h4-6,9,15,17H,3,7H2,1-2H3,(H2,14,16). The molecule has 0 radical (unpaired) electrons. The minimum Gasteiger partial charge on any atom is -0.409 e. The molecular formula is C12H18ClN3O. The molecule has 0 aliphatic rings. The first kappa shape index (κ1) is 13.6. The molecule has 0 heterocycles. The molecule has 0 saturated heterocycles. The predicted octanol–water partition coefficient (Wildman–Crippen LogP) is 2.98. The summed E-state index contributed by atoms with van der Waals surface area (Å²) in [5.74, 6) is 0.225. The molecule has 17 heavy (non-hydrogen) atoms. The number of amidine groups is 1. The van der Waals surface area contributed by atoms with Gasteiger partial charge in [0.1, 0.15) is 5.84 Å². The number of nitrogens with one attached hydrogen (secondary N) is 1. The highest BCUT2D eigenvalue weighted by molar-refractivity contribution is 6.31. The van der Waals surface area contributed by atoms with E-state index < -0.39 is 0 Å². The Morgan fingerprint density at radius 2 is 2.29 bits per heavy atom. The van der Waals surface area contributed by atoms with Gasteiger partial charge in [0.15, 0.2) is 0 Å². The van der Waals surface area contributed by atoms with Crippen molar-refractivity contribution in [2.45, 2.75) is 32.7 Å². The fourth-order valence-corrected chi connectivity index (χ4v) is 1.69. The van der Waals surface area contributed by atoms with Gasteiger partial charge in [-0.3, -0.25) is 0 Å². The largest absolute Gasteiger partial charge is 0.409 e. The Labute approximate surface area is 106 Å². The molecule has 5 heteroatoms. The second-order valence-corrected chi connectivity index (χ2v) is 4.42. The summed E-state index contributed by atoms with van der Waals surface area (Å²) in [4.78, 5) is 0. The maximum Gasteiger partial charge on any atom is 0.141 e. The summed E-state index contributed by atoms with van der Waals surface area (Å²) in [7, 11) is 0. The Kier molecular flexibility index (Phi) is 5.10. The maximum absolute atomic E-state index is 8.54. The third-order valence-corrected chi connectivity index (χ3v) is 3.03. The molecule has 94 valence electrons. The summed E-state index contributed by atoms with van der Waals surface area (Å²) in [6.07, 6.45) is 1.38. The van der Waals surface area contributed by atoms with Crippen molar-refractivity contribution in [1.29, 1.82) is 0 Å². The van der Waals surface area contributed by atoms with E-state index in [-0.39, 0.29) is 11.9 Å². The van der Waals surface area contributed by atoms with Gasteiger partial charge in [-0.2, -0.15) is 0 Å². The molecule has 0 spiro atoms. The van der Waals surface area contributed by atoms with E-state index in [1.165, 1.54) is 0 Å². The number of benzene rings is 1. The topological polar surface area (TPSA) is 70.6 Å². The van der Waals surface area contributed by atoms with Gasteiger partial charge < -0.3 is 16.3 Å². The Bertz CT molecular complexity index is 407. The molecule has 0 fully saturated rings. The average molecular weight is 256 g/mol. The molecule has 0 aliphatic carbocycles. The van der Waals surface area contributed by atoms with Crippen molar-refractivity contribution in [3.63, 3.8) is 0 Å². The number of hydrogen-bond donors (Lipinski definition) is 3. The summed E-state index contributed by atoms with van der Waals surface area (Å²) in [6, 6.07) is 5.94. The Morgan fingerprint density at radius 3 is 2.82 bits per heavy atom. The van der Waals surface area contributed by atoms with Gasteiger partial charge in [-0.1, -0.05) is 29.7 Å². The van der Waals surface area contributed by atoms with Gasteiger partial charge >= 0.3 is 0 Å². The zero-order chi connectivity index (χ0) is 12.8. The molecule has 4 N–H and O–H groups in total. The van der Waals surface area contributed by atoms with Crippen LogP contribution in [0.2, 0.25) is 5.02 Å². The van der Waals surface area contributed by atoms with Gasteiger partial charge in [0.2, 0.25) is 0 Å². The van der Waals surface area contributed by atoms with Gasteiger partial charge in [0.05, 0.1) is 0 Å². The van der Waals surface area contributed by atoms with Crippen LogP contribution in [-0.4, -0.2) is 17.1 Å². The third kappa shape index (κ3) is 4.15. The smallest absolute Gasteiger partial charge is 0.141 e. The van der Waals surface area contributed by atoms with E-state index in [0.29, 0.717) is 6.42 Å². The monoisotopic (exact) mass is 255 g/mol. The van der Waals surface area contributed by atoms with E-state index in [9.17, 15) is 0 Å². The van der Waals surface area contributed by atoms with Crippen molar-refractivity contribution in [2.24, 2.45) is 10.9 Å². The number of nitrogens with two attached hydrogens (primary N) is 1. The SMILES string of the molecule is CCC(CC(N)=NO)Nc1ccc(C)c(Cl)c1. The van der Waals surface area contributed by atoms with E-state index in [0.717, 1.165) is 22.7 Å². The van der Waals surface area contributed by atoms with Gasteiger partial charge in [0.25, 0.3) is 0 Å². The van der Waals surface area contributed by atoms with Crippen LogP contribution in [0.5, 0.6) is 0 Å². The molecular weight excluding hydrogens is 238 g/mol. The lowest BCUT2D eigenvalue weighted by Crippen LogP contribution is -2.26. The van der Waals surface area contributed by atoms with Crippen LogP contribution in [0.1, 0.15) is 25.3 Å². The quantitative estimate of drug-likeness (QED) is 0.328. The number of rotatable bonds is 5. The van der Waals surface area contributed by atoms with Crippen LogP contribution in [0.25, 0.3) is 0 Å². The number of aryl methyl sites for hydroxylation is 1. The van der Waals surface area contributed by atoms with Crippen LogP contribution < -0.4 is 11.1 Å². The van der Waals surface area contributed by atoms with E-state index in [2.05, 4.69) is 10.5 Å². The van der Waals surface area contributed by atoms with Crippen molar-refractivity contribution in [2.75, 3.05) is 5.32 Å². The highest BCUT2D eigenvalue weighted by atomic mass is 35.5. The number of halogens is 1. The van der Waals surface area contributed by atoms with Crippen LogP contribution in [-0.2, 0) is 0 Å². The number of anilines is 1. The van der Waals surface area contributed by atoms with Crippen LogP contribution in [0.4, 0.5) is 5.69 Å². The fourth-order valence-electron chi connectivity index (χ4n) is 1.51. The van der Waals surface area contributed by atoms with Crippen LogP contribution in [0, 0.1) is 6.92 Å². The number of oxime groups is 1. The normalized spacial score (nSPS) is 13.5. The Balaban J connectivity index is 2.70. The Morgan fingerprint density at radius 1 is 1.59 bits per heavy atom. The van der Waals surface area contributed by atoms with Gasteiger partial charge in [0, 0.05) is 23.2 Å². The first-order valence-electron chi connectivity index (χ1n) is 5.56. The first-order valence-corrected chi connectivity index (χ1v) is 5.93. The molecule has 1 aromatic rings. The van der Waals surface area contributed by atoms with Crippen molar-refractivity contribution >= 4 is 23.1 Å². The second-order valence-electron chi connectivity index (χ2n) is 4.01. The highest BCUT2D eigenvalue weighted by Crippen LogP contribution is 2.21. The summed E-state index contributed by atoms with van der Waals surface area (Å²) < 4.78 is 0. The molecule has 0 bridgehead atoms. The molecule has 0 saturated carbocycles. The van der Waals surface area contributed by atoms with Crippen molar-refractivity contribution in [1.82, 2.24) is 0 Å². The molecule has 1 atom stereocenters. The van der Waals surface area contributed by atoms with E-state index in [1.54, 1.807) is 0 Å². The molecule has 4 nitrogen and oxygen atoms in total. The van der Waals surface area contributed by atoms with Crippen LogP contribution in [0.15, 0.2) is 23.4 Å². The maximum atomic E-state index is 8.54. The van der Waals surface area contributed by atoms with Gasteiger partial charge in [-0.05, 0) is 31.0 Å². The first-order chi connectivity index (χ1) is 8.06. The number of nitrogens with zero attached hydrogens (tertiary/aromatic N) is 1. The van der Waals surface area contributed by atoms with Crippen molar-refractivity contribution in [3.05, 3.63) is 28.8 Å². The molecule has 1 unspecified atom stereocenters. The third-order valence-electron chi connectivity index (χ3n) is 2.62. The lowest BCUT2D eigenvalue weighted by molar-refractivity contribution is 0.316. The average Bonchev–Trinajstić information content (AvgIpc) is 2.32. The molecule has 0 amide bonds. The zero-order valence-corrected chi connectivity index (χ0v) is 10.8. The van der Waals surface area contributed by atoms with Crippen LogP contribution >= 0.6 is 11.6 Å². The summed E-state index contributed by atoms with van der Waals surface area (Å²) in [6.45, 7) is 4.00. The Hall–Kier alpha value is -1.42. The molecule has 0 aliphatic heterocycles. The molecule has 1 aromatic carbocycles. The van der Waals surface area contributed by atoms with E-state index >= 15 is 0 Å². The minimum absolute atomic E-state index is 0.129. The van der Waals surface area contributed by atoms with Crippen molar-refractivity contribution in [3.8, 4) is 0 Å². The lowest BCUT2D eigenvalue weighted by Gasteiger charge is -2.18. The lowest BCUT2D eigenvalue weighted by atomic mass is 10.1. The zero-order valence-electron chi connectivity index (χ0n) is 10.1. The van der Waals surface area contributed by atoms with E-state index in [4.69, 9.17) is 22.5 Å². The summed E-state index contributed by atoms with van der Waals surface area (Å²) >= 11 is 6.05. The van der Waals surface area contributed by atoms with E-state index in [1.807, 2.05) is 32.0 Å². The predicted molar refractivity (Wildman–Crippen MR) is 71.9 cm³/mol. The summed E-state index contributed by atoms with van der Waals surface area (Å²) in [5, 5.41) is 15.6. The number of hydrogen-bond acceptors (Lipinski definition) is 3. The minimum atomic E-state index is 0.129. The highest BCUT2D eigenvalue weighted by Gasteiger charge is 2.09. The fraction of sp³-hybridized carbons (Fsp3) is 0.417.